The Kier molecular flexibility index (Phi) is 5.91. The van der Waals surface area contributed by atoms with E-state index in [1.807, 2.05) is 11.6 Å². The van der Waals surface area contributed by atoms with Crippen LogP contribution in [0, 0.1) is 0 Å². The number of nitrogens with zero attached hydrogens (tertiary/aromatic N) is 2. The number of aryl methyl sites for hydroxylation is 1. The van der Waals surface area contributed by atoms with Crippen LogP contribution in [0.3, 0.4) is 0 Å². The van der Waals surface area contributed by atoms with Crippen LogP contribution in [0.1, 0.15) is 38.4 Å². The summed E-state index contributed by atoms with van der Waals surface area (Å²) in [5, 5.41) is 4.88. The lowest BCUT2D eigenvalue weighted by Gasteiger charge is -2.25. The summed E-state index contributed by atoms with van der Waals surface area (Å²) in [7, 11) is 1.67. The van der Waals surface area contributed by atoms with Crippen LogP contribution in [0.4, 0.5) is 0 Å². The molecular formula is C11H21ClN4O. The van der Waals surface area contributed by atoms with E-state index in [1.165, 1.54) is 0 Å². The van der Waals surface area contributed by atoms with Gasteiger partial charge in [0.05, 0.1) is 29.1 Å². The molecule has 3 N–H and O–H groups in total. The van der Waals surface area contributed by atoms with E-state index in [1.54, 1.807) is 13.3 Å². The zero-order valence-electron chi connectivity index (χ0n) is 10.6. The molecule has 1 heterocycles. The largest absolute Gasteiger partial charge is 0.379 e. The molecule has 2 unspecified atom stereocenters. The Labute approximate surface area is 107 Å². The van der Waals surface area contributed by atoms with Crippen molar-refractivity contribution >= 4 is 11.6 Å². The Bertz CT molecular complexity index is 338. The van der Waals surface area contributed by atoms with E-state index in [0.717, 1.165) is 25.1 Å². The summed E-state index contributed by atoms with van der Waals surface area (Å²) >= 11 is 6.18. The first-order valence-corrected chi connectivity index (χ1v) is 6.27. The smallest absolute Gasteiger partial charge is 0.0905 e. The van der Waals surface area contributed by atoms with E-state index < -0.39 is 0 Å². The molecule has 0 saturated carbocycles. The van der Waals surface area contributed by atoms with Crippen molar-refractivity contribution in [2.75, 3.05) is 7.11 Å². The first-order valence-electron chi connectivity index (χ1n) is 5.89. The van der Waals surface area contributed by atoms with Crippen LogP contribution in [0.2, 0.25) is 5.02 Å². The molecule has 0 aliphatic heterocycles. The number of nitrogens with one attached hydrogen (secondary N) is 1. The average Bonchev–Trinajstić information content (AvgIpc) is 2.68. The fourth-order valence-corrected chi connectivity index (χ4v) is 2.23. The molecule has 0 amide bonds. The van der Waals surface area contributed by atoms with Gasteiger partial charge in [-0.15, -0.1) is 0 Å². The van der Waals surface area contributed by atoms with Gasteiger partial charge in [0.2, 0.25) is 0 Å². The van der Waals surface area contributed by atoms with Gasteiger partial charge in [-0.25, -0.2) is 5.43 Å². The molecule has 0 radical (unpaired) electrons. The minimum Gasteiger partial charge on any atom is -0.379 e. The second-order valence-corrected chi connectivity index (χ2v) is 4.33. The highest BCUT2D eigenvalue weighted by Crippen LogP contribution is 2.27. The van der Waals surface area contributed by atoms with Crippen LogP contribution >= 0.6 is 11.6 Å². The minimum atomic E-state index is -0.147. The summed E-state index contributed by atoms with van der Waals surface area (Å²) in [5.74, 6) is 5.62. The molecule has 1 rings (SSSR count). The maximum absolute atomic E-state index is 6.18. The third kappa shape index (κ3) is 3.19. The molecule has 98 valence electrons. The Morgan fingerprint density at radius 3 is 2.76 bits per heavy atom. The number of aromatic nitrogens is 2. The first kappa shape index (κ1) is 14.4. The lowest BCUT2D eigenvalue weighted by atomic mass is 10.1. The maximum atomic E-state index is 6.18. The van der Waals surface area contributed by atoms with Gasteiger partial charge in [-0.3, -0.25) is 10.5 Å². The average molecular weight is 261 g/mol. The van der Waals surface area contributed by atoms with E-state index in [4.69, 9.17) is 22.2 Å². The molecule has 0 spiro atoms. The monoisotopic (exact) mass is 260 g/mol. The van der Waals surface area contributed by atoms with Gasteiger partial charge in [-0.05, 0) is 12.8 Å². The number of ether oxygens (including phenoxy) is 1. The van der Waals surface area contributed by atoms with E-state index in [-0.39, 0.29) is 12.1 Å². The molecule has 0 aliphatic carbocycles. The van der Waals surface area contributed by atoms with Crippen molar-refractivity contribution in [3.8, 4) is 0 Å². The van der Waals surface area contributed by atoms with E-state index in [0.29, 0.717) is 5.02 Å². The van der Waals surface area contributed by atoms with Gasteiger partial charge >= 0.3 is 0 Å². The summed E-state index contributed by atoms with van der Waals surface area (Å²) in [6.07, 6.45) is 3.47. The number of hydrogen-bond donors (Lipinski definition) is 2. The van der Waals surface area contributed by atoms with Crippen molar-refractivity contribution in [1.29, 1.82) is 0 Å². The van der Waals surface area contributed by atoms with Gasteiger partial charge in [0.15, 0.2) is 0 Å². The maximum Gasteiger partial charge on any atom is 0.0905 e. The molecule has 17 heavy (non-hydrogen) atoms. The molecule has 0 aromatic carbocycles. The van der Waals surface area contributed by atoms with Crippen LogP contribution in [-0.2, 0) is 11.3 Å². The fourth-order valence-electron chi connectivity index (χ4n) is 1.97. The topological polar surface area (TPSA) is 65.1 Å². The summed E-state index contributed by atoms with van der Waals surface area (Å²) in [5.41, 5.74) is 3.67. The minimum absolute atomic E-state index is 0.0233. The van der Waals surface area contributed by atoms with Gasteiger partial charge in [-0.2, -0.15) is 5.10 Å². The normalized spacial score (nSPS) is 14.9. The van der Waals surface area contributed by atoms with Gasteiger partial charge in [0.25, 0.3) is 0 Å². The molecular weight excluding hydrogens is 240 g/mol. The highest BCUT2D eigenvalue weighted by molar-refractivity contribution is 6.31. The van der Waals surface area contributed by atoms with Crippen molar-refractivity contribution < 1.29 is 4.74 Å². The summed E-state index contributed by atoms with van der Waals surface area (Å²) < 4.78 is 7.31. The van der Waals surface area contributed by atoms with Crippen LogP contribution < -0.4 is 11.3 Å². The Balaban J connectivity index is 3.04. The number of nitrogens with two attached hydrogens (primary N) is 1. The van der Waals surface area contributed by atoms with Crippen LogP contribution in [-0.4, -0.2) is 23.0 Å². The molecule has 1 aromatic rings. The highest BCUT2D eigenvalue weighted by Gasteiger charge is 2.26. The van der Waals surface area contributed by atoms with Crippen molar-refractivity contribution in [2.45, 2.75) is 45.4 Å². The third-order valence-electron chi connectivity index (χ3n) is 2.82. The van der Waals surface area contributed by atoms with Gasteiger partial charge < -0.3 is 4.74 Å². The molecule has 6 heteroatoms. The summed E-state index contributed by atoms with van der Waals surface area (Å²) in [6.45, 7) is 4.96. The molecule has 0 bridgehead atoms. The summed E-state index contributed by atoms with van der Waals surface area (Å²) in [6, 6.07) is -0.147. The molecule has 5 nitrogen and oxygen atoms in total. The SMILES string of the molecule is CCCn1ncc(Cl)c1C(NN)C(CC)OC. The second-order valence-electron chi connectivity index (χ2n) is 3.93. The standard InChI is InChI=1S/C11H21ClN4O/c1-4-6-16-11(8(12)7-14-16)10(15-13)9(5-2)17-3/h7,9-10,15H,4-6,13H2,1-3H3. The first-order chi connectivity index (χ1) is 8.19. The Morgan fingerprint density at radius 2 is 2.29 bits per heavy atom. The Hall–Kier alpha value is -0.620. The van der Waals surface area contributed by atoms with E-state index in [2.05, 4.69) is 17.4 Å². The predicted molar refractivity (Wildman–Crippen MR) is 68.7 cm³/mol. The van der Waals surface area contributed by atoms with Crippen LogP contribution in [0.5, 0.6) is 0 Å². The van der Waals surface area contributed by atoms with Crippen molar-refractivity contribution in [3.63, 3.8) is 0 Å². The van der Waals surface area contributed by atoms with Gasteiger partial charge in [0, 0.05) is 13.7 Å². The molecule has 1 aromatic heterocycles. The van der Waals surface area contributed by atoms with Crippen molar-refractivity contribution in [1.82, 2.24) is 15.2 Å². The third-order valence-corrected chi connectivity index (χ3v) is 3.11. The lowest BCUT2D eigenvalue weighted by Crippen LogP contribution is -2.39. The summed E-state index contributed by atoms with van der Waals surface area (Å²) in [4.78, 5) is 0. The lowest BCUT2D eigenvalue weighted by molar-refractivity contribution is 0.0622. The molecule has 0 saturated heterocycles. The van der Waals surface area contributed by atoms with E-state index in [9.17, 15) is 0 Å². The van der Waals surface area contributed by atoms with Crippen molar-refractivity contribution in [3.05, 3.63) is 16.9 Å². The van der Waals surface area contributed by atoms with Crippen molar-refractivity contribution in [2.24, 2.45) is 5.84 Å². The van der Waals surface area contributed by atoms with Crippen LogP contribution in [0.25, 0.3) is 0 Å². The molecule has 0 aliphatic rings. The zero-order chi connectivity index (χ0) is 12.8. The number of rotatable bonds is 7. The quantitative estimate of drug-likeness (QED) is 0.580. The van der Waals surface area contributed by atoms with Crippen LogP contribution in [0.15, 0.2) is 6.20 Å². The molecule has 0 fully saturated rings. The predicted octanol–water partition coefficient (Wildman–Crippen LogP) is 1.88. The zero-order valence-corrected chi connectivity index (χ0v) is 11.4. The highest BCUT2D eigenvalue weighted by atomic mass is 35.5. The number of hydrazine groups is 1. The van der Waals surface area contributed by atoms with Gasteiger partial charge in [-0.1, -0.05) is 25.4 Å². The fraction of sp³-hybridized carbons (Fsp3) is 0.727. The number of methoxy groups -OCH3 is 1. The molecule has 2 atom stereocenters. The second kappa shape index (κ2) is 6.96. The van der Waals surface area contributed by atoms with E-state index >= 15 is 0 Å². The number of hydrogen-bond acceptors (Lipinski definition) is 4. The number of halogens is 1. The Morgan fingerprint density at radius 1 is 1.59 bits per heavy atom. The van der Waals surface area contributed by atoms with Gasteiger partial charge in [0.1, 0.15) is 0 Å².